The summed E-state index contributed by atoms with van der Waals surface area (Å²) in [5.74, 6) is 0.517. The van der Waals surface area contributed by atoms with Crippen LogP contribution in [0.15, 0.2) is 16.6 Å². The van der Waals surface area contributed by atoms with E-state index in [1.54, 1.807) is 12.1 Å². The molecule has 0 fully saturated rings. The Morgan fingerprint density at radius 1 is 1.60 bits per heavy atom. The molecule has 2 heterocycles. The molecule has 0 spiro atoms. The third-order valence-electron chi connectivity index (χ3n) is 1.98. The van der Waals surface area contributed by atoms with E-state index in [9.17, 15) is 4.79 Å². The van der Waals surface area contributed by atoms with E-state index < -0.39 is 0 Å². The number of nitrogens with zero attached hydrogens (tertiary/aromatic N) is 2. The highest BCUT2D eigenvalue weighted by Gasteiger charge is 2.15. The average Bonchev–Trinajstić information content (AvgIpc) is 2.57. The average molecular weight is 290 g/mol. The summed E-state index contributed by atoms with van der Waals surface area (Å²) in [6, 6.07) is 3.52. The standard InChI is InChI=1S/C9H6BrClN2O2/c1-15-7-3-2-5(10)9-8(11)6(4-14)12-13(7)9/h2-4H,1H3. The van der Waals surface area contributed by atoms with Crippen LogP contribution >= 0.6 is 27.5 Å². The largest absolute Gasteiger partial charge is 0.481 e. The number of hydrogen-bond donors (Lipinski definition) is 0. The van der Waals surface area contributed by atoms with Gasteiger partial charge in [-0.3, -0.25) is 4.79 Å². The first-order valence-corrected chi connectivity index (χ1v) is 5.22. The van der Waals surface area contributed by atoms with Crippen LogP contribution in [0.2, 0.25) is 5.02 Å². The van der Waals surface area contributed by atoms with Gasteiger partial charge in [-0.2, -0.15) is 9.61 Å². The summed E-state index contributed by atoms with van der Waals surface area (Å²) in [4.78, 5) is 10.7. The summed E-state index contributed by atoms with van der Waals surface area (Å²) in [6.07, 6.45) is 0.612. The molecular weight excluding hydrogens is 283 g/mol. The fourth-order valence-corrected chi connectivity index (χ4v) is 2.18. The maximum absolute atomic E-state index is 10.7. The number of aromatic nitrogens is 2. The highest BCUT2D eigenvalue weighted by atomic mass is 79.9. The molecule has 0 saturated carbocycles. The van der Waals surface area contributed by atoms with Gasteiger partial charge in [0.2, 0.25) is 5.88 Å². The minimum atomic E-state index is 0.196. The second-order valence-electron chi connectivity index (χ2n) is 2.80. The smallest absolute Gasteiger partial charge is 0.214 e. The maximum atomic E-state index is 10.7. The molecular formula is C9H6BrClN2O2. The van der Waals surface area contributed by atoms with Crippen molar-refractivity contribution in [3.05, 3.63) is 27.3 Å². The van der Waals surface area contributed by atoms with Crippen LogP contribution < -0.4 is 4.74 Å². The van der Waals surface area contributed by atoms with Crippen LogP contribution in [0.1, 0.15) is 10.5 Å². The van der Waals surface area contributed by atoms with Crippen molar-refractivity contribution in [2.75, 3.05) is 7.11 Å². The van der Waals surface area contributed by atoms with E-state index in [1.807, 2.05) is 0 Å². The lowest BCUT2D eigenvalue weighted by molar-refractivity contribution is 0.111. The van der Waals surface area contributed by atoms with E-state index in [-0.39, 0.29) is 5.69 Å². The van der Waals surface area contributed by atoms with Gasteiger partial charge >= 0.3 is 0 Å². The molecule has 0 radical (unpaired) electrons. The van der Waals surface area contributed by atoms with Crippen molar-refractivity contribution < 1.29 is 9.53 Å². The third kappa shape index (κ3) is 1.52. The molecule has 0 N–H and O–H groups in total. The molecule has 15 heavy (non-hydrogen) atoms. The number of aldehydes is 1. The van der Waals surface area contributed by atoms with E-state index in [4.69, 9.17) is 16.3 Å². The summed E-state index contributed by atoms with van der Waals surface area (Å²) >= 11 is 9.33. The van der Waals surface area contributed by atoms with Crippen molar-refractivity contribution in [3.8, 4) is 5.88 Å². The normalized spacial score (nSPS) is 10.6. The number of halogens is 2. The summed E-state index contributed by atoms with van der Waals surface area (Å²) in [5.41, 5.74) is 0.819. The Kier molecular flexibility index (Phi) is 2.67. The molecule has 0 atom stereocenters. The lowest BCUT2D eigenvalue weighted by Crippen LogP contribution is -1.96. The summed E-state index contributed by atoms with van der Waals surface area (Å²) in [7, 11) is 1.53. The maximum Gasteiger partial charge on any atom is 0.214 e. The minimum absolute atomic E-state index is 0.196. The highest BCUT2D eigenvalue weighted by Crippen LogP contribution is 2.30. The predicted molar refractivity (Wildman–Crippen MR) is 59.8 cm³/mol. The molecule has 0 aromatic carbocycles. The Balaban J connectivity index is 2.91. The van der Waals surface area contributed by atoms with Crippen LogP contribution in [0.25, 0.3) is 5.52 Å². The number of rotatable bonds is 2. The minimum Gasteiger partial charge on any atom is -0.481 e. The van der Waals surface area contributed by atoms with Crippen molar-refractivity contribution in [1.82, 2.24) is 9.61 Å². The molecule has 2 rings (SSSR count). The predicted octanol–water partition coefficient (Wildman–Crippen LogP) is 2.57. The Bertz CT molecular complexity index is 538. The van der Waals surface area contributed by atoms with E-state index in [1.165, 1.54) is 11.6 Å². The monoisotopic (exact) mass is 288 g/mol. The van der Waals surface area contributed by atoms with Gasteiger partial charge in [0.1, 0.15) is 11.2 Å². The van der Waals surface area contributed by atoms with Crippen LogP contribution in [-0.2, 0) is 0 Å². The van der Waals surface area contributed by atoms with Crippen LogP contribution in [0.5, 0.6) is 5.88 Å². The fourth-order valence-electron chi connectivity index (χ4n) is 1.31. The van der Waals surface area contributed by atoms with Crippen LogP contribution in [0.4, 0.5) is 0 Å². The molecule has 4 nitrogen and oxygen atoms in total. The second-order valence-corrected chi connectivity index (χ2v) is 4.03. The molecule has 0 unspecified atom stereocenters. The lowest BCUT2D eigenvalue weighted by Gasteiger charge is -2.03. The highest BCUT2D eigenvalue weighted by molar-refractivity contribution is 9.10. The SMILES string of the molecule is COc1ccc(Br)c2c(Cl)c(C=O)nn12. The molecule has 2 aromatic rings. The van der Waals surface area contributed by atoms with Gasteiger partial charge in [0.25, 0.3) is 0 Å². The lowest BCUT2D eigenvalue weighted by atomic mass is 10.3. The van der Waals surface area contributed by atoms with Gasteiger partial charge in [-0.05, 0) is 22.0 Å². The molecule has 0 saturated heterocycles. The quantitative estimate of drug-likeness (QED) is 0.798. The Labute approximate surface area is 98.9 Å². The molecule has 0 amide bonds. The number of carbonyl (C=O) groups is 1. The molecule has 78 valence electrons. The number of fused-ring (bicyclic) bond motifs is 1. The first kappa shape index (κ1) is 10.4. The van der Waals surface area contributed by atoms with Gasteiger partial charge < -0.3 is 4.74 Å². The second kappa shape index (κ2) is 3.83. The van der Waals surface area contributed by atoms with Crippen molar-refractivity contribution >= 4 is 39.3 Å². The van der Waals surface area contributed by atoms with Crippen molar-refractivity contribution in [2.24, 2.45) is 0 Å². The van der Waals surface area contributed by atoms with Crippen molar-refractivity contribution in [1.29, 1.82) is 0 Å². The van der Waals surface area contributed by atoms with Gasteiger partial charge in [0.05, 0.1) is 12.1 Å². The molecule has 0 aliphatic carbocycles. The molecule has 6 heteroatoms. The number of ether oxygens (including phenoxy) is 1. The van der Waals surface area contributed by atoms with E-state index in [2.05, 4.69) is 21.0 Å². The number of pyridine rings is 1. The Hall–Kier alpha value is -1.07. The van der Waals surface area contributed by atoms with Crippen LogP contribution in [0.3, 0.4) is 0 Å². The van der Waals surface area contributed by atoms with Gasteiger partial charge in [-0.15, -0.1) is 0 Å². The zero-order valence-electron chi connectivity index (χ0n) is 7.70. The third-order valence-corrected chi connectivity index (χ3v) is 2.99. The topological polar surface area (TPSA) is 43.6 Å². The zero-order chi connectivity index (χ0) is 11.0. The van der Waals surface area contributed by atoms with E-state index in [0.29, 0.717) is 22.7 Å². The van der Waals surface area contributed by atoms with Crippen molar-refractivity contribution in [2.45, 2.75) is 0 Å². The number of carbonyl (C=O) groups excluding carboxylic acids is 1. The Morgan fingerprint density at radius 2 is 2.33 bits per heavy atom. The van der Waals surface area contributed by atoms with E-state index >= 15 is 0 Å². The first-order chi connectivity index (χ1) is 7.19. The summed E-state index contributed by atoms with van der Waals surface area (Å²) < 4.78 is 7.34. The van der Waals surface area contributed by atoms with Crippen LogP contribution in [0, 0.1) is 0 Å². The Morgan fingerprint density at radius 3 is 2.93 bits per heavy atom. The van der Waals surface area contributed by atoms with Gasteiger partial charge in [-0.25, -0.2) is 0 Å². The van der Waals surface area contributed by atoms with E-state index in [0.717, 1.165) is 4.47 Å². The molecule has 0 aliphatic rings. The number of methoxy groups -OCH3 is 1. The van der Waals surface area contributed by atoms with Crippen molar-refractivity contribution in [3.63, 3.8) is 0 Å². The first-order valence-electron chi connectivity index (χ1n) is 4.05. The summed E-state index contributed by atoms with van der Waals surface area (Å²) in [6.45, 7) is 0. The molecule has 0 bridgehead atoms. The molecule has 0 aliphatic heterocycles. The van der Waals surface area contributed by atoms with Crippen LogP contribution in [-0.4, -0.2) is 23.0 Å². The van der Waals surface area contributed by atoms with Gasteiger partial charge in [0, 0.05) is 10.5 Å². The molecule has 2 aromatic heterocycles. The van der Waals surface area contributed by atoms with Gasteiger partial charge in [-0.1, -0.05) is 11.6 Å². The number of hydrogen-bond acceptors (Lipinski definition) is 3. The van der Waals surface area contributed by atoms with Gasteiger partial charge in [0.15, 0.2) is 6.29 Å². The zero-order valence-corrected chi connectivity index (χ0v) is 10.0. The fraction of sp³-hybridized carbons (Fsp3) is 0.111. The summed E-state index contributed by atoms with van der Waals surface area (Å²) in [5, 5.41) is 4.34.